The minimum atomic E-state index is -1.21. The number of carbonyl (C=O) groups is 3. The third kappa shape index (κ3) is 2.89. The molecule has 1 N–H and O–H groups in total. The zero-order valence-corrected chi connectivity index (χ0v) is 15.8. The van der Waals surface area contributed by atoms with Crippen molar-refractivity contribution in [2.45, 2.75) is 51.1 Å². The van der Waals surface area contributed by atoms with Crippen LogP contribution in [0.3, 0.4) is 0 Å². The number of carboxylic acids is 1. The van der Waals surface area contributed by atoms with E-state index in [9.17, 15) is 14.4 Å². The number of aliphatic imine (C=N–C) groups is 1. The molecular weight excluding hydrogens is 350 g/mol. The average molecular weight is 376 g/mol. The fraction of sp³-hybridized carbons (Fsp3) is 0.722. The molecule has 146 valence electrons. The maximum atomic E-state index is 13.0. The van der Waals surface area contributed by atoms with Gasteiger partial charge in [-0.15, -0.1) is 0 Å². The maximum Gasteiger partial charge on any atom is 0.392 e. The predicted molar refractivity (Wildman–Crippen MR) is 96.6 cm³/mol. The van der Waals surface area contributed by atoms with Gasteiger partial charge in [-0.3, -0.25) is 19.4 Å². The number of fused-ring (bicyclic) bond motifs is 2. The lowest BCUT2D eigenvalue weighted by Gasteiger charge is -2.37. The van der Waals surface area contributed by atoms with Gasteiger partial charge in [-0.05, 0) is 12.8 Å². The number of rotatable bonds is 3. The first-order valence-corrected chi connectivity index (χ1v) is 9.68. The Morgan fingerprint density at radius 2 is 1.96 bits per heavy atom. The van der Waals surface area contributed by atoms with Gasteiger partial charge in [0, 0.05) is 13.0 Å². The smallest absolute Gasteiger partial charge is 0.392 e. The fourth-order valence-electron chi connectivity index (χ4n) is 4.72. The van der Waals surface area contributed by atoms with Crippen LogP contribution < -0.4 is 0 Å². The molecule has 1 aliphatic carbocycles. The Balaban J connectivity index is 1.71. The maximum absolute atomic E-state index is 13.0. The molecule has 3 aliphatic heterocycles. The van der Waals surface area contributed by atoms with E-state index >= 15 is 0 Å². The van der Waals surface area contributed by atoms with Crippen LogP contribution in [0.15, 0.2) is 4.99 Å². The normalized spacial score (nSPS) is 29.1. The molecule has 0 aromatic carbocycles. The molecule has 9 heteroatoms. The zero-order chi connectivity index (χ0) is 19.3. The SMILES string of the molecule is CC1CN(C2CCCCC2)C2=[N+](C1)C1C(=O)N(CC(=O)O)C(=O)N(C)C1=N2. The first kappa shape index (κ1) is 17.9. The van der Waals surface area contributed by atoms with Crippen LogP contribution in [-0.2, 0) is 9.59 Å². The topological polar surface area (TPSA) is 96.5 Å². The van der Waals surface area contributed by atoms with Crippen LogP contribution in [0.1, 0.15) is 39.0 Å². The number of aliphatic carboxylic acids is 1. The lowest BCUT2D eigenvalue weighted by atomic mass is 9.93. The van der Waals surface area contributed by atoms with Crippen LogP contribution in [0.5, 0.6) is 0 Å². The first-order valence-electron chi connectivity index (χ1n) is 9.68. The Bertz CT molecular complexity index is 755. The Morgan fingerprint density at radius 1 is 1.26 bits per heavy atom. The van der Waals surface area contributed by atoms with Crippen molar-refractivity contribution < 1.29 is 24.1 Å². The molecule has 4 rings (SSSR count). The fourth-order valence-corrected chi connectivity index (χ4v) is 4.72. The van der Waals surface area contributed by atoms with Gasteiger partial charge in [-0.25, -0.2) is 14.3 Å². The van der Waals surface area contributed by atoms with E-state index in [0.29, 0.717) is 24.3 Å². The van der Waals surface area contributed by atoms with Crippen LogP contribution in [0.25, 0.3) is 0 Å². The highest BCUT2D eigenvalue weighted by molar-refractivity contribution is 6.23. The van der Waals surface area contributed by atoms with Gasteiger partial charge in [0.05, 0.1) is 19.1 Å². The Labute approximate surface area is 157 Å². The van der Waals surface area contributed by atoms with E-state index < -0.39 is 30.5 Å². The second-order valence-corrected chi connectivity index (χ2v) is 8.03. The van der Waals surface area contributed by atoms with E-state index in [0.717, 1.165) is 30.2 Å². The van der Waals surface area contributed by atoms with Gasteiger partial charge in [-0.2, -0.15) is 0 Å². The summed E-state index contributed by atoms with van der Waals surface area (Å²) in [7, 11) is 1.56. The van der Waals surface area contributed by atoms with Gasteiger partial charge in [-0.1, -0.05) is 31.2 Å². The molecule has 4 aliphatic rings. The van der Waals surface area contributed by atoms with E-state index in [1.807, 2.05) is 4.58 Å². The molecule has 0 bridgehead atoms. The number of carbonyl (C=O) groups excluding carboxylic acids is 2. The molecule has 1 saturated heterocycles. The average Bonchev–Trinajstić information content (AvgIpc) is 3.03. The molecule has 0 spiro atoms. The predicted octanol–water partition coefficient (Wildman–Crippen LogP) is 0.399. The molecule has 9 nitrogen and oxygen atoms in total. The van der Waals surface area contributed by atoms with Crippen molar-refractivity contribution in [1.82, 2.24) is 14.7 Å². The summed E-state index contributed by atoms with van der Waals surface area (Å²) < 4.78 is 1.97. The lowest BCUT2D eigenvalue weighted by Crippen LogP contribution is -2.64. The van der Waals surface area contributed by atoms with Crippen molar-refractivity contribution in [3.63, 3.8) is 0 Å². The second kappa shape index (κ2) is 6.61. The summed E-state index contributed by atoms with van der Waals surface area (Å²) in [5.74, 6) is -0.161. The minimum Gasteiger partial charge on any atom is -0.480 e. The number of imide groups is 1. The number of likely N-dealkylation sites (N-methyl/N-ethyl adjacent to an activating group) is 1. The number of hydrogen-bond donors (Lipinski definition) is 1. The van der Waals surface area contributed by atoms with Crippen molar-refractivity contribution >= 4 is 29.7 Å². The van der Waals surface area contributed by atoms with Crippen molar-refractivity contribution in [2.75, 3.05) is 26.7 Å². The summed E-state index contributed by atoms with van der Waals surface area (Å²) in [4.78, 5) is 45.8. The molecule has 27 heavy (non-hydrogen) atoms. The second-order valence-electron chi connectivity index (χ2n) is 8.03. The molecule has 2 unspecified atom stereocenters. The molecular formula is C18H26N5O4+. The summed E-state index contributed by atoms with van der Waals surface area (Å²) in [5.41, 5.74) is 0. The monoisotopic (exact) mass is 376 g/mol. The number of urea groups is 1. The third-order valence-electron chi connectivity index (χ3n) is 5.97. The summed E-state index contributed by atoms with van der Waals surface area (Å²) in [5, 5.41) is 9.09. The summed E-state index contributed by atoms with van der Waals surface area (Å²) in [6.07, 6.45) is 5.90. The number of amidine groups is 1. The quantitative estimate of drug-likeness (QED) is 0.719. The molecule has 3 amide bonds. The van der Waals surface area contributed by atoms with Gasteiger partial charge in [0.15, 0.2) is 0 Å². The van der Waals surface area contributed by atoms with E-state index in [1.54, 1.807) is 7.05 Å². The number of carboxylic acid groups (broad SMARTS) is 1. The summed E-state index contributed by atoms with van der Waals surface area (Å²) >= 11 is 0. The highest BCUT2D eigenvalue weighted by Gasteiger charge is 2.55. The molecule has 0 aromatic rings. The van der Waals surface area contributed by atoms with Crippen LogP contribution in [0, 0.1) is 5.92 Å². The van der Waals surface area contributed by atoms with E-state index in [1.165, 1.54) is 24.2 Å². The Morgan fingerprint density at radius 3 is 2.63 bits per heavy atom. The van der Waals surface area contributed by atoms with Gasteiger partial charge in [0.25, 0.3) is 5.91 Å². The van der Waals surface area contributed by atoms with Crippen molar-refractivity contribution in [3.8, 4) is 0 Å². The van der Waals surface area contributed by atoms with Crippen molar-refractivity contribution in [1.29, 1.82) is 0 Å². The largest absolute Gasteiger partial charge is 0.480 e. The number of hydrogen-bond acceptors (Lipinski definition) is 5. The highest BCUT2D eigenvalue weighted by Crippen LogP contribution is 2.30. The van der Waals surface area contributed by atoms with E-state index in [2.05, 4.69) is 11.8 Å². The lowest BCUT2D eigenvalue weighted by molar-refractivity contribution is -0.552. The summed E-state index contributed by atoms with van der Waals surface area (Å²) in [6, 6.07) is -0.930. The van der Waals surface area contributed by atoms with Crippen LogP contribution in [-0.4, -0.2) is 92.9 Å². The Kier molecular flexibility index (Phi) is 4.39. The first-order chi connectivity index (χ1) is 12.9. The molecule has 0 aromatic heterocycles. The van der Waals surface area contributed by atoms with Crippen LogP contribution >= 0.6 is 0 Å². The van der Waals surface area contributed by atoms with E-state index in [-0.39, 0.29) is 0 Å². The summed E-state index contributed by atoms with van der Waals surface area (Å²) in [6.45, 7) is 3.09. The number of guanidine groups is 1. The van der Waals surface area contributed by atoms with Crippen LogP contribution in [0.4, 0.5) is 4.79 Å². The minimum absolute atomic E-state index is 0.355. The van der Waals surface area contributed by atoms with Crippen molar-refractivity contribution in [3.05, 3.63) is 0 Å². The third-order valence-corrected chi connectivity index (χ3v) is 5.97. The number of amides is 3. The molecule has 2 fully saturated rings. The molecule has 0 radical (unpaired) electrons. The van der Waals surface area contributed by atoms with Gasteiger partial charge in [0.1, 0.15) is 6.54 Å². The molecule has 1 saturated carbocycles. The zero-order valence-electron chi connectivity index (χ0n) is 15.8. The van der Waals surface area contributed by atoms with Gasteiger partial charge < -0.3 is 5.11 Å². The highest BCUT2D eigenvalue weighted by atomic mass is 16.4. The van der Waals surface area contributed by atoms with E-state index in [4.69, 9.17) is 10.1 Å². The number of nitrogens with zero attached hydrogens (tertiary/aromatic N) is 5. The Hall–Kier alpha value is -2.45. The van der Waals surface area contributed by atoms with Gasteiger partial charge >= 0.3 is 18.0 Å². The molecule has 3 heterocycles. The van der Waals surface area contributed by atoms with Gasteiger partial charge in [0.2, 0.25) is 11.9 Å². The molecule has 2 atom stereocenters. The standard InChI is InChI=1S/C18H25N5O4/c1-11-8-21(12-6-4-3-5-7-12)17-19-15-14(22(17)9-11)16(26)23(10-13(24)25)18(27)20(15)2/h11-12,14H,3-10H2,1-2H3/p+1. The van der Waals surface area contributed by atoms with Crippen molar-refractivity contribution in [2.24, 2.45) is 10.9 Å². The van der Waals surface area contributed by atoms with Crippen LogP contribution in [0.2, 0.25) is 0 Å².